The fourth-order valence-electron chi connectivity index (χ4n) is 2.36. The van der Waals surface area contributed by atoms with E-state index in [-0.39, 0.29) is 11.7 Å². The van der Waals surface area contributed by atoms with E-state index < -0.39 is 0 Å². The SMILES string of the molecule is N#Cc1cn(Cc2ccc(C(=O)Nc3ccccc3N)cc2)nc1N. The molecule has 7 heteroatoms. The molecule has 2 aromatic carbocycles. The van der Waals surface area contributed by atoms with Gasteiger partial charge in [0.25, 0.3) is 5.91 Å². The number of para-hydroxylation sites is 2. The van der Waals surface area contributed by atoms with Crippen molar-refractivity contribution in [2.45, 2.75) is 6.54 Å². The Morgan fingerprint density at radius 2 is 1.88 bits per heavy atom. The highest BCUT2D eigenvalue weighted by molar-refractivity contribution is 6.05. The first-order chi connectivity index (χ1) is 12.1. The van der Waals surface area contributed by atoms with Crippen molar-refractivity contribution in [1.29, 1.82) is 5.26 Å². The van der Waals surface area contributed by atoms with Gasteiger partial charge in [-0.15, -0.1) is 0 Å². The van der Waals surface area contributed by atoms with Gasteiger partial charge in [-0.3, -0.25) is 9.48 Å². The Hall–Kier alpha value is -3.79. The van der Waals surface area contributed by atoms with Crippen LogP contribution in [0.1, 0.15) is 21.5 Å². The molecule has 0 aliphatic rings. The summed E-state index contributed by atoms with van der Waals surface area (Å²) in [5.74, 6) is -0.0292. The number of carbonyl (C=O) groups is 1. The number of nitrogen functional groups attached to an aromatic ring is 2. The summed E-state index contributed by atoms with van der Waals surface area (Å²) in [4.78, 5) is 12.3. The third kappa shape index (κ3) is 3.59. The number of amides is 1. The van der Waals surface area contributed by atoms with E-state index in [0.717, 1.165) is 5.56 Å². The van der Waals surface area contributed by atoms with Gasteiger partial charge in [0.2, 0.25) is 0 Å². The number of hydrogen-bond donors (Lipinski definition) is 3. The predicted octanol–water partition coefficient (Wildman–Crippen LogP) is 2.22. The standard InChI is InChI=1S/C18H16N6O/c19-9-14-11-24(23-17(14)21)10-12-5-7-13(8-6-12)18(25)22-16-4-2-1-3-15(16)20/h1-8,11H,10,20H2,(H2,21,23)(H,22,25). The molecular weight excluding hydrogens is 316 g/mol. The summed E-state index contributed by atoms with van der Waals surface area (Å²) in [6, 6.07) is 16.2. The van der Waals surface area contributed by atoms with Crippen LogP contribution < -0.4 is 16.8 Å². The summed E-state index contributed by atoms with van der Waals surface area (Å²) in [5.41, 5.74) is 14.3. The minimum atomic E-state index is -0.237. The van der Waals surface area contributed by atoms with Gasteiger partial charge in [0.05, 0.1) is 17.9 Å². The zero-order valence-electron chi connectivity index (χ0n) is 13.3. The second kappa shape index (κ2) is 6.76. The third-order valence-electron chi connectivity index (χ3n) is 3.68. The van der Waals surface area contributed by atoms with E-state index in [1.807, 2.05) is 18.2 Å². The number of nitrogens with two attached hydrogens (primary N) is 2. The molecule has 3 rings (SSSR count). The van der Waals surface area contributed by atoms with Crippen LogP contribution in [0.3, 0.4) is 0 Å². The average Bonchev–Trinajstić information content (AvgIpc) is 2.97. The first-order valence-corrected chi connectivity index (χ1v) is 7.54. The molecule has 0 bridgehead atoms. The summed E-state index contributed by atoms with van der Waals surface area (Å²) in [7, 11) is 0. The molecule has 0 spiro atoms. The quantitative estimate of drug-likeness (QED) is 0.632. The van der Waals surface area contributed by atoms with Crippen molar-refractivity contribution in [3.05, 3.63) is 71.4 Å². The van der Waals surface area contributed by atoms with E-state index >= 15 is 0 Å². The van der Waals surface area contributed by atoms with E-state index in [1.165, 1.54) is 0 Å². The molecule has 5 N–H and O–H groups in total. The molecule has 0 radical (unpaired) electrons. The highest BCUT2D eigenvalue weighted by Crippen LogP contribution is 2.18. The number of carbonyl (C=O) groups excluding carboxylic acids is 1. The van der Waals surface area contributed by atoms with Crippen molar-refractivity contribution in [2.24, 2.45) is 0 Å². The van der Waals surface area contributed by atoms with Gasteiger partial charge < -0.3 is 16.8 Å². The molecule has 3 aromatic rings. The zero-order chi connectivity index (χ0) is 17.8. The van der Waals surface area contributed by atoms with Crippen LogP contribution in [0.4, 0.5) is 17.2 Å². The maximum absolute atomic E-state index is 12.3. The van der Waals surface area contributed by atoms with E-state index in [9.17, 15) is 4.79 Å². The first kappa shape index (κ1) is 16.1. The molecule has 0 unspecified atom stereocenters. The molecule has 0 aliphatic carbocycles. The maximum Gasteiger partial charge on any atom is 0.255 e. The van der Waals surface area contributed by atoms with Crippen LogP contribution in [0.2, 0.25) is 0 Å². The van der Waals surface area contributed by atoms with Gasteiger partial charge in [0, 0.05) is 11.8 Å². The fraction of sp³-hybridized carbons (Fsp3) is 0.0556. The largest absolute Gasteiger partial charge is 0.397 e. The lowest BCUT2D eigenvalue weighted by Crippen LogP contribution is -2.13. The Kier molecular flexibility index (Phi) is 4.35. The third-order valence-corrected chi connectivity index (χ3v) is 3.68. The van der Waals surface area contributed by atoms with Crippen molar-refractivity contribution in [2.75, 3.05) is 16.8 Å². The van der Waals surface area contributed by atoms with Gasteiger partial charge in [-0.25, -0.2) is 0 Å². The monoisotopic (exact) mass is 332 g/mol. The molecular formula is C18H16N6O. The Bertz CT molecular complexity index is 952. The molecule has 25 heavy (non-hydrogen) atoms. The number of aromatic nitrogens is 2. The van der Waals surface area contributed by atoms with Gasteiger partial charge in [0.1, 0.15) is 11.6 Å². The highest BCUT2D eigenvalue weighted by atomic mass is 16.1. The first-order valence-electron chi connectivity index (χ1n) is 7.54. The van der Waals surface area contributed by atoms with Crippen LogP contribution in [-0.2, 0) is 6.54 Å². The van der Waals surface area contributed by atoms with E-state index in [1.54, 1.807) is 47.3 Å². The zero-order valence-corrected chi connectivity index (χ0v) is 13.3. The molecule has 124 valence electrons. The van der Waals surface area contributed by atoms with Crippen molar-refractivity contribution < 1.29 is 4.79 Å². The summed E-state index contributed by atoms with van der Waals surface area (Å²) < 4.78 is 1.59. The number of nitriles is 1. The second-order valence-corrected chi connectivity index (χ2v) is 5.48. The Balaban J connectivity index is 1.70. The summed E-state index contributed by atoms with van der Waals surface area (Å²) in [6.45, 7) is 0.458. The molecule has 1 heterocycles. The Morgan fingerprint density at radius 3 is 2.52 bits per heavy atom. The molecule has 1 amide bonds. The average molecular weight is 332 g/mol. The van der Waals surface area contributed by atoms with Gasteiger partial charge >= 0.3 is 0 Å². The van der Waals surface area contributed by atoms with E-state index in [4.69, 9.17) is 16.7 Å². The van der Waals surface area contributed by atoms with Gasteiger partial charge in [-0.1, -0.05) is 24.3 Å². The van der Waals surface area contributed by atoms with Crippen LogP contribution in [0, 0.1) is 11.3 Å². The minimum absolute atomic E-state index is 0.207. The predicted molar refractivity (Wildman–Crippen MR) is 95.7 cm³/mol. The smallest absolute Gasteiger partial charge is 0.255 e. The number of hydrogen-bond acceptors (Lipinski definition) is 5. The maximum atomic E-state index is 12.3. The number of anilines is 3. The summed E-state index contributed by atoms with van der Waals surface area (Å²) in [6.07, 6.45) is 1.59. The lowest BCUT2D eigenvalue weighted by Gasteiger charge is -2.08. The lowest BCUT2D eigenvalue weighted by molar-refractivity contribution is 0.102. The van der Waals surface area contributed by atoms with Crippen LogP contribution in [0.5, 0.6) is 0 Å². The summed E-state index contributed by atoms with van der Waals surface area (Å²) in [5, 5.41) is 15.8. The van der Waals surface area contributed by atoms with Crippen molar-refractivity contribution in [3.63, 3.8) is 0 Å². The Morgan fingerprint density at radius 1 is 1.16 bits per heavy atom. The van der Waals surface area contributed by atoms with Gasteiger partial charge in [0.15, 0.2) is 5.82 Å². The molecule has 0 saturated heterocycles. The number of nitrogens with one attached hydrogen (secondary N) is 1. The minimum Gasteiger partial charge on any atom is -0.397 e. The molecule has 0 saturated carbocycles. The topological polar surface area (TPSA) is 123 Å². The molecule has 0 aliphatic heterocycles. The number of nitrogens with zero attached hydrogens (tertiary/aromatic N) is 3. The molecule has 7 nitrogen and oxygen atoms in total. The molecule has 0 fully saturated rings. The highest BCUT2D eigenvalue weighted by Gasteiger charge is 2.09. The van der Waals surface area contributed by atoms with Crippen molar-refractivity contribution in [3.8, 4) is 6.07 Å². The van der Waals surface area contributed by atoms with Crippen molar-refractivity contribution in [1.82, 2.24) is 9.78 Å². The van der Waals surface area contributed by atoms with E-state index in [2.05, 4.69) is 10.4 Å². The Labute approximate surface area is 144 Å². The lowest BCUT2D eigenvalue weighted by atomic mass is 10.1. The van der Waals surface area contributed by atoms with Crippen LogP contribution in [-0.4, -0.2) is 15.7 Å². The van der Waals surface area contributed by atoms with Crippen molar-refractivity contribution >= 4 is 23.1 Å². The van der Waals surface area contributed by atoms with Crippen LogP contribution in [0.25, 0.3) is 0 Å². The van der Waals surface area contributed by atoms with Crippen LogP contribution in [0.15, 0.2) is 54.7 Å². The second-order valence-electron chi connectivity index (χ2n) is 5.48. The molecule has 1 aromatic heterocycles. The van der Waals surface area contributed by atoms with E-state index in [0.29, 0.717) is 29.0 Å². The number of benzene rings is 2. The van der Waals surface area contributed by atoms with Gasteiger partial charge in [-0.2, -0.15) is 10.4 Å². The molecule has 0 atom stereocenters. The summed E-state index contributed by atoms with van der Waals surface area (Å²) >= 11 is 0. The normalized spacial score (nSPS) is 10.2. The number of rotatable bonds is 4. The fourth-order valence-corrected chi connectivity index (χ4v) is 2.36. The van der Waals surface area contributed by atoms with Gasteiger partial charge in [-0.05, 0) is 29.8 Å². The van der Waals surface area contributed by atoms with Crippen LogP contribution >= 0.6 is 0 Å².